The fourth-order valence-corrected chi connectivity index (χ4v) is 4.55. The molecule has 0 spiro atoms. The Morgan fingerprint density at radius 3 is 2.69 bits per heavy atom. The second kappa shape index (κ2) is 11.6. The molecule has 11 heteroatoms. The molecule has 5 rings (SSSR count). The molecular weight excluding hydrogens is 498 g/mol. The molecule has 202 valence electrons. The van der Waals surface area contributed by atoms with Crippen LogP contribution in [-0.2, 0) is 9.53 Å². The molecule has 1 saturated heterocycles. The van der Waals surface area contributed by atoms with Gasteiger partial charge in [0.05, 0.1) is 35.9 Å². The molecule has 1 N–H and O–H groups in total. The fourth-order valence-electron chi connectivity index (χ4n) is 4.55. The molecule has 2 aromatic carbocycles. The molecule has 4 aromatic rings. The third-order valence-electron chi connectivity index (χ3n) is 6.38. The standard InChI is InChI=1S/C28H31N7O4/c1-19-29-27(39-32-19)22-11-7-12-23-25(22)35(28(30-23)31-26(37)20-9-5-4-6-10-20)21-17-34(15-16-38-18-21)24(36)13-8-14-33(2)3/h4-13,21H,14-18H2,1-3H3,(H,30,31,37). The summed E-state index contributed by atoms with van der Waals surface area (Å²) in [5.41, 5.74) is 2.52. The zero-order valence-electron chi connectivity index (χ0n) is 22.2. The van der Waals surface area contributed by atoms with Crippen molar-refractivity contribution in [3.8, 4) is 11.5 Å². The monoisotopic (exact) mass is 529 g/mol. The van der Waals surface area contributed by atoms with Crippen molar-refractivity contribution < 1.29 is 18.8 Å². The predicted molar refractivity (Wildman–Crippen MR) is 146 cm³/mol. The molecule has 1 aliphatic heterocycles. The van der Waals surface area contributed by atoms with Crippen molar-refractivity contribution in [2.75, 3.05) is 52.3 Å². The van der Waals surface area contributed by atoms with E-state index in [0.29, 0.717) is 72.7 Å². The predicted octanol–water partition coefficient (Wildman–Crippen LogP) is 3.16. The molecule has 1 aliphatic rings. The number of amides is 2. The molecule has 11 nitrogen and oxygen atoms in total. The van der Waals surface area contributed by atoms with Crippen LogP contribution < -0.4 is 5.32 Å². The van der Waals surface area contributed by atoms with Gasteiger partial charge in [0, 0.05) is 31.3 Å². The Bertz CT molecular complexity index is 1490. The van der Waals surface area contributed by atoms with E-state index in [4.69, 9.17) is 14.2 Å². The second-order valence-electron chi connectivity index (χ2n) is 9.62. The average molecular weight is 530 g/mol. The highest BCUT2D eigenvalue weighted by atomic mass is 16.5. The summed E-state index contributed by atoms with van der Waals surface area (Å²) in [6.07, 6.45) is 3.44. The summed E-state index contributed by atoms with van der Waals surface area (Å²) in [7, 11) is 3.89. The SMILES string of the molecule is Cc1noc(-c2cccc3nc(NC(=O)c4ccccc4)n(C4COCCN(C(=O)C=CCN(C)C)C4)c23)n1. The number of benzene rings is 2. The minimum Gasteiger partial charge on any atom is -0.377 e. The lowest BCUT2D eigenvalue weighted by Gasteiger charge is -2.25. The molecule has 0 aliphatic carbocycles. The number of nitrogens with one attached hydrogen (secondary N) is 1. The van der Waals surface area contributed by atoms with Gasteiger partial charge < -0.3 is 23.6 Å². The Balaban J connectivity index is 1.58. The second-order valence-corrected chi connectivity index (χ2v) is 9.62. The van der Waals surface area contributed by atoms with Crippen LogP contribution in [0.15, 0.2) is 65.2 Å². The molecule has 0 radical (unpaired) electrons. The Kier molecular flexibility index (Phi) is 7.80. The lowest BCUT2D eigenvalue weighted by Crippen LogP contribution is -2.36. The number of fused-ring (bicyclic) bond motifs is 1. The van der Waals surface area contributed by atoms with Gasteiger partial charge >= 0.3 is 0 Å². The number of anilines is 1. The van der Waals surface area contributed by atoms with Crippen LogP contribution >= 0.6 is 0 Å². The van der Waals surface area contributed by atoms with Crippen molar-refractivity contribution in [1.29, 1.82) is 0 Å². The molecule has 1 fully saturated rings. The number of para-hydroxylation sites is 1. The highest BCUT2D eigenvalue weighted by molar-refractivity contribution is 6.04. The number of hydrogen-bond acceptors (Lipinski definition) is 8. The smallest absolute Gasteiger partial charge is 0.260 e. The number of aryl methyl sites for hydroxylation is 1. The van der Waals surface area contributed by atoms with E-state index in [-0.39, 0.29) is 17.9 Å². The van der Waals surface area contributed by atoms with E-state index >= 15 is 0 Å². The van der Waals surface area contributed by atoms with E-state index in [9.17, 15) is 9.59 Å². The van der Waals surface area contributed by atoms with E-state index in [1.807, 2.05) is 53.9 Å². The topological polar surface area (TPSA) is 119 Å². The third kappa shape index (κ3) is 5.89. The molecule has 0 bridgehead atoms. The Morgan fingerprint density at radius 2 is 1.95 bits per heavy atom. The van der Waals surface area contributed by atoms with Gasteiger partial charge in [-0.1, -0.05) is 35.5 Å². The summed E-state index contributed by atoms with van der Waals surface area (Å²) in [5.74, 6) is 0.795. The van der Waals surface area contributed by atoms with Crippen LogP contribution in [0.2, 0.25) is 0 Å². The van der Waals surface area contributed by atoms with Crippen molar-refractivity contribution in [2.45, 2.75) is 13.0 Å². The van der Waals surface area contributed by atoms with Crippen LogP contribution in [0.25, 0.3) is 22.5 Å². The third-order valence-corrected chi connectivity index (χ3v) is 6.38. The number of hydrogen-bond donors (Lipinski definition) is 1. The molecule has 2 aromatic heterocycles. The molecule has 0 saturated carbocycles. The summed E-state index contributed by atoms with van der Waals surface area (Å²) in [5, 5.41) is 6.93. The minimum absolute atomic E-state index is 0.0978. The van der Waals surface area contributed by atoms with Crippen LogP contribution in [-0.4, -0.2) is 88.2 Å². The number of ether oxygens (including phenoxy) is 1. The lowest BCUT2D eigenvalue weighted by molar-refractivity contribution is -0.126. The van der Waals surface area contributed by atoms with Gasteiger partial charge in [0.2, 0.25) is 11.9 Å². The van der Waals surface area contributed by atoms with Crippen LogP contribution in [0.1, 0.15) is 22.2 Å². The Morgan fingerprint density at radius 1 is 1.13 bits per heavy atom. The van der Waals surface area contributed by atoms with Crippen LogP contribution in [0.3, 0.4) is 0 Å². The summed E-state index contributed by atoms with van der Waals surface area (Å²) in [6.45, 7) is 3.95. The molecule has 2 amide bonds. The minimum atomic E-state index is -0.347. The first-order valence-electron chi connectivity index (χ1n) is 12.8. The van der Waals surface area contributed by atoms with E-state index in [0.717, 1.165) is 0 Å². The number of nitrogens with zero attached hydrogens (tertiary/aromatic N) is 6. The zero-order chi connectivity index (χ0) is 27.4. The number of carbonyl (C=O) groups is 2. The maximum absolute atomic E-state index is 13.2. The highest BCUT2D eigenvalue weighted by Crippen LogP contribution is 2.34. The van der Waals surface area contributed by atoms with Gasteiger partial charge in [0.25, 0.3) is 11.8 Å². The Labute approximate surface area is 226 Å². The van der Waals surface area contributed by atoms with Gasteiger partial charge in [-0.2, -0.15) is 4.98 Å². The van der Waals surface area contributed by atoms with Crippen LogP contribution in [0.5, 0.6) is 0 Å². The maximum Gasteiger partial charge on any atom is 0.260 e. The largest absolute Gasteiger partial charge is 0.377 e. The fraction of sp³-hybridized carbons (Fsp3) is 0.321. The summed E-state index contributed by atoms with van der Waals surface area (Å²) in [6, 6.07) is 14.2. The molecular formula is C28H31N7O4. The van der Waals surface area contributed by atoms with Crippen molar-refractivity contribution in [1.82, 2.24) is 29.5 Å². The normalized spacial score (nSPS) is 16.2. The van der Waals surface area contributed by atoms with E-state index in [1.54, 1.807) is 42.2 Å². The van der Waals surface area contributed by atoms with Crippen LogP contribution in [0.4, 0.5) is 5.95 Å². The van der Waals surface area contributed by atoms with Crippen molar-refractivity contribution in [2.24, 2.45) is 0 Å². The van der Waals surface area contributed by atoms with Crippen molar-refractivity contribution in [3.63, 3.8) is 0 Å². The van der Waals surface area contributed by atoms with Crippen LogP contribution in [0, 0.1) is 6.92 Å². The number of aromatic nitrogens is 4. The maximum atomic E-state index is 13.2. The highest BCUT2D eigenvalue weighted by Gasteiger charge is 2.29. The van der Waals surface area contributed by atoms with Gasteiger partial charge in [-0.3, -0.25) is 14.9 Å². The van der Waals surface area contributed by atoms with Gasteiger partial charge in [0.1, 0.15) is 0 Å². The first-order chi connectivity index (χ1) is 18.9. The average Bonchev–Trinajstić information content (AvgIpc) is 3.43. The van der Waals surface area contributed by atoms with Crippen molar-refractivity contribution >= 4 is 28.8 Å². The van der Waals surface area contributed by atoms with Gasteiger partial charge in [0.15, 0.2) is 5.82 Å². The summed E-state index contributed by atoms with van der Waals surface area (Å²) >= 11 is 0. The van der Waals surface area contributed by atoms with Gasteiger partial charge in [-0.05, 0) is 45.3 Å². The van der Waals surface area contributed by atoms with E-state index in [2.05, 4.69) is 15.5 Å². The molecule has 3 heterocycles. The van der Waals surface area contributed by atoms with E-state index in [1.165, 1.54) is 0 Å². The number of rotatable bonds is 7. The number of likely N-dealkylation sites (N-methyl/N-ethyl adjacent to an activating group) is 1. The van der Waals surface area contributed by atoms with E-state index < -0.39 is 0 Å². The molecule has 39 heavy (non-hydrogen) atoms. The zero-order valence-corrected chi connectivity index (χ0v) is 22.2. The molecule has 1 atom stereocenters. The number of carbonyl (C=O) groups excluding carboxylic acids is 2. The summed E-state index contributed by atoms with van der Waals surface area (Å²) in [4.78, 5) is 39.2. The first-order valence-corrected chi connectivity index (χ1v) is 12.8. The molecule has 1 unspecified atom stereocenters. The van der Waals surface area contributed by atoms with Gasteiger partial charge in [-0.15, -0.1) is 0 Å². The van der Waals surface area contributed by atoms with Gasteiger partial charge in [-0.25, -0.2) is 4.98 Å². The lowest BCUT2D eigenvalue weighted by atomic mass is 10.1. The number of imidazole rings is 1. The first kappa shape index (κ1) is 26.3. The summed E-state index contributed by atoms with van der Waals surface area (Å²) < 4.78 is 13.4. The quantitative estimate of drug-likeness (QED) is 0.363. The van der Waals surface area contributed by atoms with Crippen molar-refractivity contribution in [3.05, 3.63) is 72.1 Å². The Hall–Kier alpha value is -4.35.